The predicted molar refractivity (Wildman–Crippen MR) is 77.8 cm³/mol. The van der Waals surface area contributed by atoms with Gasteiger partial charge in [0.15, 0.2) is 0 Å². The summed E-state index contributed by atoms with van der Waals surface area (Å²) in [5, 5.41) is 12.1. The van der Waals surface area contributed by atoms with Crippen LogP contribution in [0.4, 0.5) is 0 Å². The lowest BCUT2D eigenvalue weighted by molar-refractivity contribution is 0.848. The van der Waals surface area contributed by atoms with Crippen LogP contribution in [0.15, 0.2) is 46.4 Å². The van der Waals surface area contributed by atoms with Gasteiger partial charge in [0, 0.05) is 26.4 Å². The van der Waals surface area contributed by atoms with E-state index in [4.69, 9.17) is 5.26 Å². The first-order valence-corrected chi connectivity index (χ1v) is 7.16. The zero-order valence-corrected chi connectivity index (χ0v) is 11.8. The quantitative estimate of drug-likeness (QED) is 0.689. The van der Waals surface area contributed by atoms with Gasteiger partial charge >= 0.3 is 0 Å². The summed E-state index contributed by atoms with van der Waals surface area (Å²) in [6.45, 7) is 0.855. The van der Waals surface area contributed by atoms with Crippen molar-refractivity contribution in [3.63, 3.8) is 0 Å². The highest BCUT2D eigenvalue weighted by atomic mass is 79.9. The van der Waals surface area contributed by atoms with Crippen LogP contribution in [0.2, 0.25) is 0 Å². The Morgan fingerprint density at radius 2 is 2.17 bits per heavy atom. The zero-order valence-electron chi connectivity index (χ0n) is 9.43. The van der Waals surface area contributed by atoms with E-state index in [1.165, 1.54) is 4.88 Å². The molecule has 0 aliphatic rings. The molecular weight excluding hydrogens is 308 g/mol. The van der Waals surface area contributed by atoms with Crippen molar-refractivity contribution in [1.29, 1.82) is 5.26 Å². The molecule has 3 rings (SSSR count). The molecule has 18 heavy (non-hydrogen) atoms. The van der Waals surface area contributed by atoms with Crippen molar-refractivity contribution in [3.8, 4) is 6.07 Å². The van der Waals surface area contributed by atoms with Gasteiger partial charge in [-0.1, -0.05) is 0 Å². The van der Waals surface area contributed by atoms with Crippen molar-refractivity contribution in [2.45, 2.75) is 6.54 Å². The normalized spacial score (nSPS) is 10.7. The van der Waals surface area contributed by atoms with E-state index in [2.05, 4.69) is 50.3 Å². The van der Waals surface area contributed by atoms with Gasteiger partial charge in [-0.05, 0) is 51.6 Å². The Kier molecular flexibility index (Phi) is 2.94. The number of nitrogens with zero attached hydrogens (tertiary/aromatic N) is 2. The smallest absolute Gasteiger partial charge is 0.0991 e. The summed E-state index contributed by atoms with van der Waals surface area (Å²) in [5.74, 6) is 0. The first-order chi connectivity index (χ1) is 8.78. The van der Waals surface area contributed by atoms with Crippen LogP contribution in [-0.4, -0.2) is 4.57 Å². The minimum atomic E-state index is 0.706. The molecule has 0 amide bonds. The van der Waals surface area contributed by atoms with Crippen molar-refractivity contribution in [3.05, 3.63) is 56.8 Å². The number of thiophene rings is 1. The monoisotopic (exact) mass is 316 g/mol. The van der Waals surface area contributed by atoms with Gasteiger partial charge in [0.2, 0.25) is 0 Å². The van der Waals surface area contributed by atoms with E-state index in [1.807, 2.05) is 18.2 Å². The summed E-state index contributed by atoms with van der Waals surface area (Å²) in [6.07, 6.45) is 2.07. The second-order valence-corrected chi connectivity index (χ2v) is 5.88. The van der Waals surface area contributed by atoms with Gasteiger partial charge in [-0.2, -0.15) is 5.26 Å². The molecular formula is C14H9BrN2S. The maximum absolute atomic E-state index is 8.89. The molecule has 0 fully saturated rings. The molecule has 0 saturated heterocycles. The molecule has 2 nitrogen and oxygen atoms in total. The van der Waals surface area contributed by atoms with Gasteiger partial charge in [-0.3, -0.25) is 0 Å². The summed E-state index contributed by atoms with van der Waals surface area (Å²) in [4.78, 5) is 1.30. The Morgan fingerprint density at radius 1 is 1.28 bits per heavy atom. The average molecular weight is 317 g/mol. The first kappa shape index (κ1) is 11.5. The predicted octanol–water partition coefficient (Wildman–Crippen LogP) is 4.39. The van der Waals surface area contributed by atoms with Gasteiger partial charge in [0.25, 0.3) is 0 Å². The molecule has 0 saturated carbocycles. The standard InChI is InChI=1S/C14H9BrN2S/c15-12-4-6-18-14(12)9-17-5-3-11-7-10(8-16)1-2-13(11)17/h1-7H,9H2. The third kappa shape index (κ3) is 1.96. The molecule has 2 heterocycles. The third-order valence-corrected chi connectivity index (χ3v) is 4.82. The van der Waals surface area contributed by atoms with Crippen molar-refractivity contribution in [1.82, 2.24) is 4.57 Å². The fourth-order valence-corrected chi connectivity index (χ4v) is 3.48. The lowest BCUT2D eigenvalue weighted by Crippen LogP contribution is -1.96. The third-order valence-electron chi connectivity index (χ3n) is 2.91. The molecule has 0 atom stereocenters. The lowest BCUT2D eigenvalue weighted by atomic mass is 10.2. The Morgan fingerprint density at radius 3 is 2.89 bits per heavy atom. The van der Waals surface area contributed by atoms with Gasteiger partial charge in [-0.25, -0.2) is 0 Å². The molecule has 0 aliphatic heterocycles. The van der Waals surface area contributed by atoms with Crippen LogP contribution in [0.25, 0.3) is 10.9 Å². The maximum Gasteiger partial charge on any atom is 0.0991 e. The van der Waals surface area contributed by atoms with Gasteiger partial charge in [-0.15, -0.1) is 11.3 Å². The van der Waals surface area contributed by atoms with Crippen LogP contribution < -0.4 is 0 Å². The fraction of sp³-hybridized carbons (Fsp3) is 0.0714. The Hall–Kier alpha value is -1.57. The molecule has 0 unspecified atom stereocenters. The molecule has 0 spiro atoms. The second kappa shape index (κ2) is 4.60. The highest BCUT2D eigenvalue weighted by Gasteiger charge is 2.06. The molecule has 0 aliphatic carbocycles. The van der Waals surface area contributed by atoms with Crippen LogP contribution in [0.1, 0.15) is 10.4 Å². The Balaban J connectivity index is 2.04. The van der Waals surface area contributed by atoms with Crippen molar-refractivity contribution in [2.75, 3.05) is 0 Å². The second-order valence-electron chi connectivity index (χ2n) is 4.02. The van der Waals surface area contributed by atoms with Gasteiger partial charge in [0.1, 0.15) is 0 Å². The lowest BCUT2D eigenvalue weighted by Gasteiger charge is -2.04. The van der Waals surface area contributed by atoms with Crippen LogP contribution >= 0.6 is 27.3 Å². The number of aromatic nitrogens is 1. The summed E-state index contributed by atoms with van der Waals surface area (Å²) >= 11 is 5.30. The topological polar surface area (TPSA) is 28.7 Å². The minimum Gasteiger partial charge on any atom is -0.342 e. The highest BCUT2D eigenvalue weighted by molar-refractivity contribution is 9.10. The number of nitriles is 1. The zero-order chi connectivity index (χ0) is 12.5. The van der Waals surface area contributed by atoms with E-state index >= 15 is 0 Å². The van der Waals surface area contributed by atoms with E-state index in [0.717, 1.165) is 21.9 Å². The molecule has 4 heteroatoms. The summed E-state index contributed by atoms with van der Waals surface area (Å²) in [5.41, 5.74) is 1.87. The molecule has 1 aromatic carbocycles. The van der Waals surface area contributed by atoms with Crippen LogP contribution in [0, 0.1) is 11.3 Å². The minimum absolute atomic E-state index is 0.706. The number of rotatable bonds is 2. The first-order valence-electron chi connectivity index (χ1n) is 5.49. The van der Waals surface area contributed by atoms with E-state index in [0.29, 0.717) is 5.56 Å². The van der Waals surface area contributed by atoms with Crippen molar-refractivity contribution >= 4 is 38.2 Å². The molecule has 0 bridgehead atoms. The van der Waals surface area contributed by atoms with Crippen LogP contribution in [0.5, 0.6) is 0 Å². The van der Waals surface area contributed by atoms with Gasteiger partial charge < -0.3 is 4.57 Å². The van der Waals surface area contributed by atoms with E-state index in [9.17, 15) is 0 Å². The maximum atomic E-state index is 8.89. The Bertz CT molecular complexity index is 749. The van der Waals surface area contributed by atoms with Gasteiger partial charge in [0.05, 0.1) is 18.2 Å². The number of halogens is 1. The van der Waals surface area contributed by atoms with Crippen LogP contribution in [0.3, 0.4) is 0 Å². The SMILES string of the molecule is N#Cc1ccc2c(ccn2Cc2sccc2Br)c1. The molecule has 3 aromatic rings. The van der Waals surface area contributed by atoms with E-state index in [1.54, 1.807) is 11.3 Å². The number of hydrogen-bond donors (Lipinski definition) is 0. The average Bonchev–Trinajstić information content (AvgIpc) is 2.97. The van der Waals surface area contributed by atoms with E-state index < -0.39 is 0 Å². The summed E-state index contributed by atoms with van der Waals surface area (Å²) < 4.78 is 3.36. The fourth-order valence-electron chi connectivity index (χ4n) is 2.00. The van der Waals surface area contributed by atoms with Crippen molar-refractivity contribution < 1.29 is 0 Å². The van der Waals surface area contributed by atoms with Crippen molar-refractivity contribution in [2.24, 2.45) is 0 Å². The summed E-state index contributed by atoms with van der Waals surface area (Å²) in [7, 11) is 0. The Labute approximate surface area is 117 Å². The highest BCUT2D eigenvalue weighted by Crippen LogP contribution is 2.26. The molecule has 0 radical (unpaired) electrons. The molecule has 2 aromatic heterocycles. The number of fused-ring (bicyclic) bond motifs is 1. The molecule has 0 N–H and O–H groups in total. The number of hydrogen-bond acceptors (Lipinski definition) is 2. The summed E-state index contributed by atoms with van der Waals surface area (Å²) in [6, 6.07) is 12.1. The number of benzene rings is 1. The van der Waals surface area contributed by atoms with Crippen LogP contribution in [-0.2, 0) is 6.54 Å². The molecule has 88 valence electrons. The van der Waals surface area contributed by atoms with E-state index in [-0.39, 0.29) is 0 Å². The largest absolute Gasteiger partial charge is 0.342 e.